The monoisotopic (exact) mass is 165 g/mol. The third-order valence-corrected chi connectivity index (χ3v) is 1.97. The van der Waals surface area contributed by atoms with Crippen molar-refractivity contribution in [3.8, 4) is 0 Å². The second-order valence-electron chi connectivity index (χ2n) is 3.33. The maximum absolute atomic E-state index is 2.29. The second-order valence-corrected chi connectivity index (χ2v) is 3.33. The van der Waals surface area contributed by atoms with Crippen LogP contribution in [0.2, 0.25) is 0 Å². The van der Waals surface area contributed by atoms with Crippen molar-refractivity contribution in [3.05, 3.63) is 0 Å². The van der Waals surface area contributed by atoms with Crippen LogP contribution in [0, 0.1) is 0 Å². The first kappa shape index (κ1) is 12.9. The Balaban J connectivity index is 0. The normalized spacial score (nSPS) is 10.8. The van der Waals surface area contributed by atoms with Crippen molar-refractivity contribution in [2.75, 3.05) is 27.2 Å². The molecular formula is C8H20ClN. The predicted molar refractivity (Wildman–Crippen MR) is 42.4 cm³/mol. The van der Waals surface area contributed by atoms with E-state index in [2.05, 4.69) is 27.9 Å². The standard InChI is InChI=1S/C8H20N.ClH/c1-5-7-8-9(3,4)6-2;/h5-8H2,1-4H3;1H/q+1;/p-1. The lowest BCUT2D eigenvalue weighted by Crippen LogP contribution is -3.00. The molecule has 2 heteroatoms. The van der Waals surface area contributed by atoms with E-state index in [-0.39, 0.29) is 12.4 Å². The van der Waals surface area contributed by atoms with Crippen LogP contribution in [-0.2, 0) is 0 Å². The number of nitrogens with zero attached hydrogens (tertiary/aromatic N) is 1. The van der Waals surface area contributed by atoms with Gasteiger partial charge in [-0.1, -0.05) is 13.3 Å². The summed E-state index contributed by atoms with van der Waals surface area (Å²) in [5.41, 5.74) is 0. The van der Waals surface area contributed by atoms with Crippen molar-refractivity contribution in [1.29, 1.82) is 0 Å². The van der Waals surface area contributed by atoms with Gasteiger partial charge in [0.2, 0.25) is 0 Å². The minimum absolute atomic E-state index is 0. The van der Waals surface area contributed by atoms with E-state index in [0.29, 0.717) is 0 Å². The molecule has 0 aromatic carbocycles. The van der Waals surface area contributed by atoms with Gasteiger partial charge in [0.25, 0.3) is 0 Å². The quantitative estimate of drug-likeness (QED) is 0.464. The van der Waals surface area contributed by atoms with Gasteiger partial charge in [-0.05, 0) is 13.3 Å². The van der Waals surface area contributed by atoms with Gasteiger partial charge in [-0.3, -0.25) is 0 Å². The maximum Gasteiger partial charge on any atom is 0.0782 e. The summed E-state index contributed by atoms with van der Waals surface area (Å²) in [5.74, 6) is 0. The summed E-state index contributed by atoms with van der Waals surface area (Å²) >= 11 is 0. The number of hydrogen-bond acceptors (Lipinski definition) is 0. The second kappa shape index (κ2) is 5.99. The highest BCUT2D eigenvalue weighted by atomic mass is 35.5. The van der Waals surface area contributed by atoms with Crippen LogP contribution in [0.25, 0.3) is 0 Å². The molecule has 0 aromatic rings. The van der Waals surface area contributed by atoms with Crippen molar-refractivity contribution in [1.82, 2.24) is 0 Å². The van der Waals surface area contributed by atoms with Gasteiger partial charge >= 0.3 is 0 Å². The highest BCUT2D eigenvalue weighted by molar-refractivity contribution is 4.31. The SMILES string of the molecule is CCCC[N+](C)(C)CC.[Cl-]. The molecule has 0 N–H and O–H groups in total. The average Bonchev–Trinajstić information content (AvgIpc) is 1.84. The lowest BCUT2D eigenvalue weighted by Gasteiger charge is -2.27. The molecule has 0 aromatic heterocycles. The van der Waals surface area contributed by atoms with Crippen molar-refractivity contribution < 1.29 is 16.9 Å². The summed E-state index contributed by atoms with van der Waals surface area (Å²) in [6.07, 6.45) is 2.68. The van der Waals surface area contributed by atoms with E-state index >= 15 is 0 Å². The summed E-state index contributed by atoms with van der Waals surface area (Å²) in [7, 11) is 4.57. The van der Waals surface area contributed by atoms with Crippen LogP contribution < -0.4 is 12.4 Å². The molecular weight excluding hydrogens is 146 g/mol. The summed E-state index contributed by atoms with van der Waals surface area (Å²) in [6, 6.07) is 0. The molecule has 10 heavy (non-hydrogen) atoms. The average molecular weight is 166 g/mol. The van der Waals surface area contributed by atoms with Crippen LogP contribution in [0.15, 0.2) is 0 Å². The molecule has 1 nitrogen and oxygen atoms in total. The fraction of sp³-hybridized carbons (Fsp3) is 1.00. The molecule has 0 saturated carbocycles. The van der Waals surface area contributed by atoms with Crippen molar-refractivity contribution in [2.45, 2.75) is 26.7 Å². The highest BCUT2D eigenvalue weighted by Gasteiger charge is 2.08. The van der Waals surface area contributed by atoms with Gasteiger partial charge in [-0.25, -0.2) is 0 Å². The summed E-state index contributed by atoms with van der Waals surface area (Å²) < 4.78 is 1.17. The van der Waals surface area contributed by atoms with Gasteiger partial charge in [0.1, 0.15) is 0 Å². The largest absolute Gasteiger partial charge is 1.00 e. The van der Waals surface area contributed by atoms with E-state index in [1.165, 1.54) is 30.4 Å². The van der Waals surface area contributed by atoms with Gasteiger partial charge in [0, 0.05) is 0 Å². The first-order valence-electron chi connectivity index (χ1n) is 3.94. The van der Waals surface area contributed by atoms with Crippen molar-refractivity contribution >= 4 is 0 Å². The fourth-order valence-corrected chi connectivity index (χ4v) is 0.744. The molecule has 64 valence electrons. The van der Waals surface area contributed by atoms with Crippen LogP contribution in [0.1, 0.15) is 26.7 Å². The Hall–Kier alpha value is 0.250. The van der Waals surface area contributed by atoms with Gasteiger partial charge in [0.05, 0.1) is 27.2 Å². The Labute approximate surface area is 71.4 Å². The maximum atomic E-state index is 2.29. The molecule has 0 aliphatic rings. The predicted octanol–water partition coefficient (Wildman–Crippen LogP) is -1.11. The molecule has 0 amide bonds. The highest BCUT2D eigenvalue weighted by Crippen LogP contribution is 1.99. The number of halogens is 1. The van der Waals surface area contributed by atoms with Gasteiger partial charge in [-0.2, -0.15) is 0 Å². The van der Waals surface area contributed by atoms with E-state index in [1.807, 2.05) is 0 Å². The van der Waals surface area contributed by atoms with Crippen LogP contribution >= 0.6 is 0 Å². The van der Waals surface area contributed by atoms with E-state index in [9.17, 15) is 0 Å². The molecule has 0 fully saturated rings. The number of unbranched alkanes of at least 4 members (excludes halogenated alkanes) is 1. The zero-order valence-corrected chi connectivity index (χ0v) is 8.41. The van der Waals surface area contributed by atoms with Crippen LogP contribution in [-0.4, -0.2) is 31.7 Å². The molecule has 0 radical (unpaired) electrons. The minimum Gasteiger partial charge on any atom is -1.00 e. The number of rotatable bonds is 4. The third kappa shape index (κ3) is 6.37. The smallest absolute Gasteiger partial charge is 0.0782 e. The van der Waals surface area contributed by atoms with Gasteiger partial charge in [-0.15, -0.1) is 0 Å². The summed E-state index contributed by atoms with van der Waals surface area (Å²) in [4.78, 5) is 0. The zero-order chi connectivity index (χ0) is 7.33. The number of quaternary nitrogens is 1. The van der Waals surface area contributed by atoms with Gasteiger partial charge < -0.3 is 16.9 Å². The van der Waals surface area contributed by atoms with E-state index in [1.54, 1.807) is 0 Å². The van der Waals surface area contributed by atoms with Crippen LogP contribution in [0.5, 0.6) is 0 Å². The molecule has 0 atom stereocenters. The van der Waals surface area contributed by atoms with Gasteiger partial charge in [0.15, 0.2) is 0 Å². The minimum atomic E-state index is 0. The zero-order valence-electron chi connectivity index (χ0n) is 7.65. The molecule has 0 spiro atoms. The van der Waals surface area contributed by atoms with E-state index < -0.39 is 0 Å². The lowest BCUT2D eigenvalue weighted by atomic mass is 10.3. The Morgan fingerprint density at radius 2 is 1.60 bits per heavy atom. The topological polar surface area (TPSA) is 0 Å². The summed E-state index contributed by atoms with van der Waals surface area (Å²) in [5, 5.41) is 0. The molecule has 0 aliphatic carbocycles. The first-order valence-corrected chi connectivity index (χ1v) is 3.94. The first-order chi connectivity index (χ1) is 4.12. The van der Waals surface area contributed by atoms with Crippen LogP contribution in [0.4, 0.5) is 0 Å². The molecule has 0 unspecified atom stereocenters. The van der Waals surface area contributed by atoms with Crippen molar-refractivity contribution in [3.63, 3.8) is 0 Å². The lowest BCUT2D eigenvalue weighted by molar-refractivity contribution is -0.888. The Morgan fingerprint density at radius 1 is 1.10 bits per heavy atom. The third-order valence-electron chi connectivity index (χ3n) is 1.97. The Kier molecular flexibility index (Phi) is 7.72. The van der Waals surface area contributed by atoms with Crippen molar-refractivity contribution in [2.24, 2.45) is 0 Å². The van der Waals surface area contributed by atoms with Crippen LogP contribution in [0.3, 0.4) is 0 Å². The fourth-order valence-electron chi connectivity index (χ4n) is 0.744. The molecule has 0 bridgehead atoms. The Bertz CT molecular complexity index is 71.7. The van der Waals surface area contributed by atoms with E-state index in [0.717, 1.165) is 0 Å². The number of hydrogen-bond donors (Lipinski definition) is 0. The molecule has 0 aliphatic heterocycles. The molecule has 0 heterocycles. The summed E-state index contributed by atoms with van der Waals surface area (Å²) in [6.45, 7) is 7.07. The molecule has 0 saturated heterocycles. The molecule has 0 rings (SSSR count). The van der Waals surface area contributed by atoms with E-state index in [4.69, 9.17) is 0 Å². The Morgan fingerprint density at radius 3 is 1.90 bits per heavy atom.